The van der Waals surface area contributed by atoms with E-state index in [-0.39, 0.29) is 11.8 Å². The average molecular weight is 342 g/mol. The average Bonchev–Trinajstić information content (AvgIpc) is 3.31. The molecule has 0 radical (unpaired) electrons. The number of likely N-dealkylation sites (tertiary alicyclic amines) is 1. The number of methoxy groups -OCH3 is 1. The zero-order valence-electron chi connectivity index (χ0n) is 14.2. The molecule has 2 aromatic rings. The van der Waals surface area contributed by atoms with E-state index < -0.39 is 6.04 Å². The molecule has 1 aliphatic rings. The molecule has 2 heterocycles. The predicted octanol–water partition coefficient (Wildman–Crippen LogP) is 2.35. The van der Waals surface area contributed by atoms with Gasteiger partial charge in [0.2, 0.25) is 5.91 Å². The molecule has 1 aromatic carbocycles. The first-order chi connectivity index (χ1) is 12.2. The number of ether oxygens (including phenoxy) is 1. The van der Waals surface area contributed by atoms with Crippen molar-refractivity contribution >= 4 is 11.8 Å². The van der Waals surface area contributed by atoms with Gasteiger partial charge in [-0.25, -0.2) is 0 Å². The lowest BCUT2D eigenvalue weighted by Crippen LogP contribution is -2.45. The van der Waals surface area contributed by atoms with E-state index in [1.807, 2.05) is 18.2 Å². The standard InChI is InChI=1S/C19H22N2O4/c1-24-13-14-5-2-6-15(11-14)19(23)21-9-3-8-17(21)18(22)20-12-16-7-4-10-25-16/h2,4-7,10-11,17H,3,8-9,12-13H2,1H3,(H,20,22). The van der Waals surface area contributed by atoms with E-state index in [1.54, 1.807) is 36.5 Å². The number of rotatable bonds is 6. The highest BCUT2D eigenvalue weighted by molar-refractivity contribution is 5.98. The van der Waals surface area contributed by atoms with Crippen molar-refractivity contribution in [3.05, 3.63) is 59.5 Å². The predicted molar refractivity (Wildman–Crippen MR) is 91.8 cm³/mol. The van der Waals surface area contributed by atoms with Crippen molar-refractivity contribution < 1.29 is 18.7 Å². The fourth-order valence-electron chi connectivity index (χ4n) is 3.11. The van der Waals surface area contributed by atoms with Crippen molar-refractivity contribution in [3.63, 3.8) is 0 Å². The van der Waals surface area contributed by atoms with Crippen LogP contribution in [0.3, 0.4) is 0 Å². The first-order valence-electron chi connectivity index (χ1n) is 8.38. The fourth-order valence-corrected chi connectivity index (χ4v) is 3.11. The third-order valence-corrected chi connectivity index (χ3v) is 4.32. The topological polar surface area (TPSA) is 71.8 Å². The molecule has 0 saturated carbocycles. The number of amides is 2. The van der Waals surface area contributed by atoms with E-state index in [9.17, 15) is 9.59 Å². The summed E-state index contributed by atoms with van der Waals surface area (Å²) in [5.74, 6) is 0.431. The first-order valence-corrected chi connectivity index (χ1v) is 8.38. The molecule has 0 bridgehead atoms. The van der Waals surface area contributed by atoms with Crippen LogP contribution in [0.2, 0.25) is 0 Å². The third-order valence-electron chi connectivity index (χ3n) is 4.32. The summed E-state index contributed by atoms with van der Waals surface area (Å²) in [7, 11) is 1.62. The Kier molecular flexibility index (Phi) is 5.50. The molecule has 1 aliphatic heterocycles. The van der Waals surface area contributed by atoms with Crippen LogP contribution < -0.4 is 5.32 Å². The monoisotopic (exact) mass is 342 g/mol. The number of hydrogen-bond donors (Lipinski definition) is 1. The van der Waals surface area contributed by atoms with Crippen LogP contribution in [0, 0.1) is 0 Å². The van der Waals surface area contributed by atoms with Crippen LogP contribution in [-0.2, 0) is 22.7 Å². The van der Waals surface area contributed by atoms with Crippen molar-refractivity contribution in [1.82, 2.24) is 10.2 Å². The maximum atomic E-state index is 12.8. The minimum absolute atomic E-state index is 0.117. The number of carbonyl (C=O) groups excluding carboxylic acids is 2. The van der Waals surface area contributed by atoms with Gasteiger partial charge in [-0.1, -0.05) is 12.1 Å². The van der Waals surface area contributed by atoms with Gasteiger partial charge in [-0.15, -0.1) is 0 Å². The van der Waals surface area contributed by atoms with E-state index >= 15 is 0 Å². The highest BCUT2D eigenvalue weighted by atomic mass is 16.5. The van der Waals surface area contributed by atoms with Gasteiger partial charge in [-0.05, 0) is 42.7 Å². The molecule has 25 heavy (non-hydrogen) atoms. The summed E-state index contributed by atoms with van der Waals surface area (Å²) in [6, 6.07) is 10.5. The van der Waals surface area contributed by atoms with Gasteiger partial charge < -0.3 is 19.4 Å². The lowest BCUT2D eigenvalue weighted by atomic mass is 10.1. The number of hydrogen-bond acceptors (Lipinski definition) is 4. The first kappa shape index (κ1) is 17.2. The molecular formula is C19H22N2O4. The molecule has 0 spiro atoms. The van der Waals surface area contributed by atoms with Crippen molar-refractivity contribution in [2.24, 2.45) is 0 Å². The summed E-state index contributed by atoms with van der Waals surface area (Å²) in [6.07, 6.45) is 3.07. The minimum atomic E-state index is -0.437. The summed E-state index contributed by atoms with van der Waals surface area (Å²) < 4.78 is 10.3. The molecule has 1 saturated heterocycles. The van der Waals surface area contributed by atoms with Gasteiger partial charge in [0, 0.05) is 19.2 Å². The van der Waals surface area contributed by atoms with E-state index in [2.05, 4.69) is 5.32 Å². The van der Waals surface area contributed by atoms with Crippen LogP contribution in [0.5, 0.6) is 0 Å². The summed E-state index contributed by atoms with van der Waals surface area (Å²) in [6.45, 7) is 1.37. The van der Waals surface area contributed by atoms with Crippen LogP contribution in [0.25, 0.3) is 0 Å². The molecule has 1 aromatic heterocycles. The van der Waals surface area contributed by atoms with E-state index in [1.165, 1.54) is 0 Å². The SMILES string of the molecule is COCc1cccc(C(=O)N2CCCC2C(=O)NCc2ccco2)c1. The summed E-state index contributed by atoms with van der Waals surface area (Å²) in [5.41, 5.74) is 1.52. The number of nitrogens with one attached hydrogen (secondary N) is 1. The molecule has 1 fully saturated rings. The molecule has 6 nitrogen and oxygen atoms in total. The van der Waals surface area contributed by atoms with E-state index in [0.717, 1.165) is 12.0 Å². The molecule has 3 rings (SSSR count). The van der Waals surface area contributed by atoms with Crippen molar-refractivity contribution in [2.75, 3.05) is 13.7 Å². The molecular weight excluding hydrogens is 320 g/mol. The Hall–Kier alpha value is -2.60. The van der Waals surface area contributed by atoms with Crippen LogP contribution in [-0.4, -0.2) is 36.4 Å². The maximum Gasteiger partial charge on any atom is 0.254 e. The van der Waals surface area contributed by atoms with Gasteiger partial charge in [0.15, 0.2) is 0 Å². The van der Waals surface area contributed by atoms with E-state index in [4.69, 9.17) is 9.15 Å². The third kappa shape index (κ3) is 4.09. The molecule has 6 heteroatoms. The van der Waals surface area contributed by atoms with E-state index in [0.29, 0.717) is 37.4 Å². The minimum Gasteiger partial charge on any atom is -0.467 e. The molecule has 132 valence electrons. The van der Waals surface area contributed by atoms with Crippen molar-refractivity contribution in [2.45, 2.75) is 32.0 Å². The van der Waals surface area contributed by atoms with Crippen molar-refractivity contribution in [3.8, 4) is 0 Å². The Morgan fingerprint density at radius 1 is 1.32 bits per heavy atom. The molecule has 1 N–H and O–H groups in total. The normalized spacial score (nSPS) is 16.8. The Bertz CT molecular complexity index is 727. The van der Waals surface area contributed by atoms with Gasteiger partial charge >= 0.3 is 0 Å². The fraction of sp³-hybridized carbons (Fsp3) is 0.368. The van der Waals surface area contributed by atoms with Crippen LogP contribution in [0.4, 0.5) is 0 Å². The lowest BCUT2D eigenvalue weighted by Gasteiger charge is -2.24. The van der Waals surface area contributed by atoms with Gasteiger partial charge in [0.1, 0.15) is 11.8 Å². The highest BCUT2D eigenvalue weighted by Crippen LogP contribution is 2.21. The lowest BCUT2D eigenvalue weighted by molar-refractivity contribution is -0.125. The molecule has 1 unspecified atom stereocenters. The maximum absolute atomic E-state index is 12.8. The largest absolute Gasteiger partial charge is 0.467 e. The molecule has 1 atom stereocenters. The quantitative estimate of drug-likeness (QED) is 0.875. The second-order valence-corrected chi connectivity index (χ2v) is 6.09. The van der Waals surface area contributed by atoms with Gasteiger partial charge in [-0.3, -0.25) is 9.59 Å². The number of nitrogens with zero attached hydrogens (tertiary/aromatic N) is 1. The Morgan fingerprint density at radius 2 is 2.20 bits per heavy atom. The second kappa shape index (κ2) is 7.98. The number of furan rings is 1. The summed E-state index contributed by atoms with van der Waals surface area (Å²) in [4.78, 5) is 27.0. The zero-order valence-corrected chi connectivity index (χ0v) is 14.2. The van der Waals surface area contributed by atoms with Crippen LogP contribution in [0.15, 0.2) is 47.1 Å². The molecule has 0 aliphatic carbocycles. The summed E-state index contributed by atoms with van der Waals surface area (Å²) in [5, 5.41) is 2.85. The molecule has 2 amide bonds. The Labute approximate surface area is 146 Å². The highest BCUT2D eigenvalue weighted by Gasteiger charge is 2.34. The Morgan fingerprint density at radius 3 is 2.96 bits per heavy atom. The van der Waals surface area contributed by atoms with Crippen LogP contribution >= 0.6 is 0 Å². The smallest absolute Gasteiger partial charge is 0.254 e. The van der Waals surface area contributed by atoms with Gasteiger partial charge in [-0.2, -0.15) is 0 Å². The van der Waals surface area contributed by atoms with Gasteiger partial charge in [0.25, 0.3) is 5.91 Å². The summed E-state index contributed by atoms with van der Waals surface area (Å²) >= 11 is 0. The Balaban J connectivity index is 1.66. The zero-order chi connectivity index (χ0) is 17.6. The second-order valence-electron chi connectivity index (χ2n) is 6.09. The van der Waals surface area contributed by atoms with Crippen LogP contribution in [0.1, 0.15) is 34.5 Å². The number of benzene rings is 1. The van der Waals surface area contributed by atoms with Gasteiger partial charge in [0.05, 0.1) is 19.4 Å². The number of carbonyl (C=O) groups is 2. The van der Waals surface area contributed by atoms with Crippen molar-refractivity contribution in [1.29, 1.82) is 0 Å².